The van der Waals surface area contributed by atoms with E-state index >= 15 is 0 Å². The van der Waals surface area contributed by atoms with Crippen LogP contribution in [0.1, 0.15) is 11.7 Å². The van der Waals surface area contributed by atoms with Gasteiger partial charge >= 0.3 is 0 Å². The van der Waals surface area contributed by atoms with Gasteiger partial charge in [0.15, 0.2) is 17.8 Å². The maximum Gasteiger partial charge on any atom is 0.197 e. The second-order valence-corrected chi connectivity index (χ2v) is 7.26. The number of ether oxygens (including phenoxy) is 3. The lowest BCUT2D eigenvalue weighted by Crippen LogP contribution is -2.54. The molecular formula is C21H18O9. The molecule has 0 unspecified atom stereocenters. The lowest BCUT2D eigenvalue weighted by atomic mass is 9.94. The minimum absolute atomic E-state index is 0.0568. The standard InChI is InChI=1S/C21H18O9/c1-27-21-18(26)17(25)20-19(30-21)15-13(29-20)7-12-14(16(15)24)10(23)6-11(28-12)8-2-4-9(22)5-3-8/h2-7,17-22,24-26H,1H3/t17-,18+,19+,20-,21-/m1/s1. The Kier molecular flexibility index (Phi) is 4.23. The third kappa shape index (κ3) is 2.67. The van der Waals surface area contributed by atoms with Crippen molar-refractivity contribution in [3.63, 3.8) is 0 Å². The van der Waals surface area contributed by atoms with Crippen LogP contribution < -0.4 is 10.2 Å². The van der Waals surface area contributed by atoms with E-state index in [2.05, 4.69) is 0 Å². The van der Waals surface area contributed by atoms with Crippen LogP contribution in [0.3, 0.4) is 0 Å². The number of benzene rings is 2. The number of methoxy groups -OCH3 is 1. The van der Waals surface area contributed by atoms with Gasteiger partial charge < -0.3 is 39.1 Å². The summed E-state index contributed by atoms with van der Waals surface area (Å²) in [5, 5.41) is 40.8. The fourth-order valence-electron chi connectivity index (χ4n) is 3.98. The molecule has 0 bridgehead atoms. The van der Waals surface area contributed by atoms with Gasteiger partial charge in [-0.1, -0.05) is 0 Å². The molecule has 5 rings (SSSR count). The van der Waals surface area contributed by atoms with Crippen molar-refractivity contribution in [2.24, 2.45) is 0 Å². The van der Waals surface area contributed by atoms with Crippen molar-refractivity contribution >= 4 is 11.0 Å². The Hall–Kier alpha value is -3.11. The highest BCUT2D eigenvalue weighted by Crippen LogP contribution is 2.50. The van der Waals surface area contributed by atoms with Crippen LogP contribution in [0.15, 0.2) is 45.6 Å². The lowest BCUT2D eigenvalue weighted by Gasteiger charge is -2.38. The number of hydrogen-bond acceptors (Lipinski definition) is 9. The summed E-state index contributed by atoms with van der Waals surface area (Å²) in [6.07, 6.45) is -5.73. The third-order valence-electron chi connectivity index (χ3n) is 5.47. The zero-order valence-corrected chi connectivity index (χ0v) is 15.7. The molecule has 2 aliphatic heterocycles. The summed E-state index contributed by atoms with van der Waals surface area (Å²) >= 11 is 0. The number of phenols is 2. The number of hydrogen-bond donors (Lipinski definition) is 4. The first-order valence-corrected chi connectivity index (χ1v) is 9.23. The molecule has 156 valence electrons. The molecule has 4 N–H and O–H groups in total. The lowest BCUT2D eigenvalue weighted by molar-refractivity contribution is -0.281. The van der Waals surface area contributed by atoms with Crippen LogP contribution in [0.4, 0.5) is 0 Å². The zero-order valence-electron chi connectivity index (χ0n) is 15.7. The molecule has 1 aromatic heterocycles. The molecule has 3 aromatic rings. The molecule has 2 aliphatic rings. The number of aliphatic hydroxyl groups excluding tert-OH is 2. The molecule has 0 spiro atoms. The molecule has 9 nitrogen and oxygen atoms in total. The maximum absolute atomic E-state index is 12.8. The average molecular weight is 414 g/mol. The summed E-state index contributed by atoms with van der Waals surface area (Å²) < 4.78 is 22.3. The molecule has 2 aromatic carbocycles. The van der Waals surface area contributed by atoms with Crippen LogP contribution in [0, 0.1) is 0 Å². The van der Waals surface area contributed by atoms with E-state index in [0.717, 1.165) is 0 Å². The maximum atomic E-state index is 12.8. The van der Waals surface area contributed by atoms with Gasteiger partial charge in [0.2, 0.25) is 0 Å². The van der Waals surface area contributed by atoms with E-state index in [1.165, 1.54) is 31.4 Å². The van der Waals surface area contributed by atoms with Crippen molar-refractivity contribution in [2.45, 2.75) is 30.7 Å². The Morgan fingerprint density at radius 1 is 1.03 bits per heavy atom. The van der Waals surface area contributed by atoms with Crippen LogP contribution in [-0.4, -0.2) is 52.1 Å². The molecule has 0 amide bonds. The summed E-state index contributed by atoms with van der Waals surface area (Å²) in [6.45, 7) is 0. The topological polar surface area (TPSA) is 139 Å². The number of phenolic OH excluding ortho intramolecular Hbond substituents is 2. The summed E-state index contributed by atoms with van der Waals surface area (Å²) in [6, 6.07) is 8.79. The van der Waals surface area contributed by atoms with Crippen LogP contribution in [0.2, 0.25) is 0 Å². The first kappa shape index (κ1) is 18.9. The Balaban J connectivity index is 1.65. The summed E-state index contributed by atoms with van der Waals surface area (Å²) in [7, 11) is 1.32. The van der Waals surface area contributed by atoms with Gasteiger partial charge in [0.05, 0.1) is 5.56 Å². The monoisotopic (exact) mass is 414 g/mol. The van der Waals surface area contributed by atoms with E-state index in [9.17, 15) is 25.2 Å². The minimum Gasteiger partial charge on any atom is -0.508 e. The van der Waals surface area contributed by atoms with Crippen LogP contribution in [0.25, 0.3) is 22.3 Å². The summed E-state index contributed by atoms with van der Waals surface area (Å²) in [5.74, 6) is 0.111. The van der Waals surface area contributed by atoms with Crippen molar-refractivity contribution in [3.8, 4) is 28.6 Å². The minimum atomic E-state index is -1.34. The summed E-state index contributed by atoms with van der Waals surface area (Å²) in [5.41, 5.74) is 0.345. The van der Waals surface area contributed by atoms with Crippen molar-refractivity contribution in [1.29, 1.82) is 0 Å². The normalized spacial score (nSPS) is 27.5. The van der Waals surface area contributed by atoms with Gasteiger partial charge in [-0.25, -0.2) is 0 Å². The van der Waals surface area contributed by atoms with E-state index < -0.39 is 36.1 Å². The molecule has 3 heterocycles. The van der Waals surface area contributed by atoms with E-state index in [-0.39, 0.29) is 39.5 Å². The Bertz CT molecular complexity index is 1180. The van der Waals surface area contributed by atoms with Gasteiger partial charge in [-0.3, -0.25) is 4.79 Å². The zero-order chi connectivity index (χ0) is 21.2. The molecule has 9 heteroatoms. The van der Waals surface area contributed by atoms with Gasteiger partial charge in [-0.2, -0.15) is 0 Å². The highest BCUT2D eigenvalue weighted by atomic mass is 16.7. The fraction of sp³-hybridized carbons (Fsp3) is 0.286. The van der Waals surface area contributed by atoms with E-state index in [1.54, 1.807) is 12.1 Å². The molecule has 30 heavy (non-hydrogen) atoms. The molecule has 0 saturated carbocycles. The van der Waals surface area contributed by atoms with E-state index in [4.69, 9.17) is 18.6 Å². The predicted molar refractivity (Wildman–Crippen MR) is 102 cm³/mol. The van der Waals surface area contributed by atoms with Gasteiger partial charge in [0.1, 0.15) is 52.3 Å². The van der Waals surface area contributed by atoms with Crippen molar-refractivity contribution in [2.75, 3.05) is 7.11 Å². The number of aliphatic hydroxyl groups is 2. The van der Waals surface area contributed by atoms with Crippen molar-refractivity contribution in [3.05, 3.63) is 52.2 Å². The number of rotatable bonds is 2. The Morgan fingerprint density at radius 2 is 1.77 bits per heavy atom. The SMILES string of the molecule is CO[C@@H]1O[C@H]2c3c(cc4oc(-c5ccc(O)cc5)cc(=O)c4c3O)O[C@@H]2[C@H](O)[C@@H]1O. The number of aromatic hydroxyl groups is 2. The summed E-state index contributed by atoms with van der Waals surface area (Å²) in [4.78, 5) is 12.8. The highest BCUT2D eigenvalue weighted by molar-refractivity contribution is 5.88. The van der Waals surface area contributed by atoms with Crippen LogP contribution in [-0.2, 0) is 9.47 Å². The quantitative estimate of drug-likeness (QED) is 0.490. The molecule has 1 fully saturated rings. The molecule has 0 aliphatic carbocycles. The molecule has 0 radical (unpaired) electrons. The highest BCUT2D eigenvalue weighted by Gasteiger charge is 2.52. The van der Waals surface area contributed by atoms with Gasteiger partial charge in [-0.05, 0) is 24.3 Å². The number of fused-ring (bicyclic) bond motifs is 4. The van der Waals surface area contributed by atoms with Crippen LogP contribution >= 0.6 is 0 Å². The smallest absolute Gasteiger partial charge is 0.197 e. The van der Waals surface area contributed by atoms with E-state index in [1.807, 2.05) is 0 Å². The van der Waals surface area contributed by atoms with Gasteiger partial charge in [0, 0.05) is 24.8 Å². The largest absolute Gasteiger partial charge is 0.508 e. The molecule has 5 atom stereocenters. The first-order chi connectivity index (χ1) is 14.4. The van der Waals surface area contributed by atoms with Crippen LogP contribution in [0.5, 0.6) is 17.2 Å². The Morgan fingerprint density at radius 3 is 2.47 bits per heavy atom. The van der Waals surface area contributed by atoms with Gasteiger partial charge in [-0.15, -0.1) is 0 Å². The van der Waals surface area contributed by atoms with Gasteiger partial charge in [0.25, 0.3) is 0 Å². The Labute approximate surface area is 169 Å². The third-order valence-corrected chi connectivity index (χ3v) is 5.47. The average Bonchev–Trinajstić information content (AvgIpc) is 3.09. The predicted octanol–water partition coefficient (Wildman–Crippen LogP) is 1.40. The fourth-order valence-corrected chi connectivity index (χ4v) is 3.98. The first-order valence-electron chi connectivity index (χ1n) is 9.23. The molecular weight excluding hydrogens is 396 g/mol. The second kappa shape index (κ2) is 6.71. The van der Waals surface area contributed by atoms with Crippen molar-refractivity contribution < 1.29 is 39.1 Å². The van der Waals surface area contributed by atoms with Crippen molar-refractivity contribution in [1.82, 2.24) is 0 Å². The molecule has 1 saturated heterocycles. The van der Waals surface area contributed by atoms with E-state index in [0.29, 0.717) is 5.56 Å². The second-order valence-electron chi connectivity index (χ2n) is 7.26.